The Hall–Kier alpha value is -1.46. The number of ether oxygens (including phenoxy) is 2. The van der Waals surface area contributed by atoms with Gasteiger partial charge in [-0.2, -0.15) is 0 Å². The molecule has 0 fully saturated rings. The first-order valence-corrected chi connectivity index (χ1v) is 7.28. The van der Waals surface area contributed by atoms with Gasteiger partial charge in [0.05, 0.1) is 13.2 Å². The third kappa shape index (κ3) is 8.61. The highest BCUT2D eigenvalue weighted by molar-refractivity contribution is 5.67. The first kappa shape index (κ1) is 18.5. The van der Waals surface area contributed by atoms with Gasteiger partial charge in [-0.1, -0.05) is 12.8 Å². The molecule has 0 spiro atoms. The third-order valence-corrected chi connectivity index (χ3v) is 2.90. The fourth-order valence-corrected chi connectivity index (χ4v) is 1.70. The minimum atomic E-state index is -0.269. The van der Waals surface area contributed by atoms with E-state index in [-0.39, 0.29) is 12.2 Å². The topological polar surface area (TPSA) is 59.1 Å². The van der Waals surface area contributed by atoms with E-state index in [9.17, 15) is 9.59 Å². The van der Waals surface area contributed by atoms with Gasteiger partial charge < -0.3 is 19.3 Å². The van der Waals surface area contributed by atoms with E-state index in [0.29, 0.717) is 26.3 Å². The number of amides is 2. The molecule has 0 aliphatic heterocycles. The Kier molecular flexibility index (Phi) is 10.5. The van der Waals surface area contributed by atoms with Gasteiger partial charge in [0.15, 0.2) is 0 Å². The van der Waals surface area contributed by atoms with Crippen LogP contribution in [-0.4, -0.2) is 62.4 Å². The summed E-state index contributed by atoms with van der Waals surface area (Å²) in [5.74, 6) is 0. The third-order valence-electron chi connectivity index (χ3n) is 2.90. The minimum absolute atomic E-state index is 0.269. The summed E-state index contributed by atoms with van der Waals surface area (Å²) >= 11 is 0. The molecule has 0 heterocycles. The van der Waals surface area contributed by atoms with E-state index in [0.717, 1.165) is 25.7 Å². The first-order valence-electron chi connectivity index (χ1n) is 7.28. The Bertz CT molecular complexity index is 256. The molecule has 0 aromatic rings. The molecule has 0 unspecified atom stereocenters. The van der Waals surface area contributed by atoms with Crippen molar-refractivity contribution >= 4 is 12.2 Å². The Morgan fingerprint density at radius 2 is 1.10 bits per heavy atom. The normalized spacial score (nSPS) is 10.0. The zero-order chi connectivity index (χ0) is 15.4. The molecule has 0 aliphatic carbocycles. The number of carbonyl (C=O) groups excluding carboxylic acids is 2. The van der Waals surface area contributed by atoms with Crippen molar-refractivity contribution < 1.29 is 19.1 Å². The fourth-order valence-electron chi connectivity index (χ4n) is 1.70. The Morgan fingerprint density at radius 3 is 1.40 bits per heavy atom. The highest BCUT2D eigenvalue weighted by Gasteiger charge is 2.09. The number of hydrogen-bond donors (Lipinski definition) is 0. The van der Waals surface area contributed by atoms with Crippen LogP contribution in [0.3, 0.4) is 0 Å². The minimum Gasteiger partial charge on any atom is -0.450 e. The molecule has 20 heavy (non-hydrogen) atoms. The second-order valence-corrected chi connectivity index (χ2v) is 4.66. The lowest BCUT2D eigenvalue weighted by atomic mass is 10.2. The van der Waals surface area contributed by atoms with Crippen LogP contribution in [0.15, 0.2) is 0 Å². The van der Waals surface area contributed by atoms with Gasteiger partial charge in [0, 0.05) is 27.2 Å². The van der Waals surface area contributed by atoms with E-state index in [2.05, 4.69) is 0 Å². The largest absolute Gasteiger partial charge is 0.450 e. The van der Waals surface area contributed by atoms with Crippen molar-refractivity contribution in [3.8, 4) is 0 Å². The SMILES string of the molecule is CCOC(=O)N(C)CCCCCCN(C)C(=O)OCC. The molecule has 0 aromatic carbocycles. The summed E-state index contributed by atoms with van der Waals surface area (Å²) in [5.41, 5.74) is 0. The summed E-state index contributed by atoms with van der Waals surface area (Å²) in [7, 11) is 3.49. The predicted octanol–water partition coefficient (Wildman–Crippen LogP) is 2.72. The van der Waals surface area contributed by atoms with Crippen LogP contribution in [0, 0.1) is 0 Å². The van der Waals surface area contributed by atoms with Crippen molar-refractivity contribution in [1.82, 2.24) is 9.80 Å². The van der Waals surface area contributed by atoms with Crippen LogP contribution in [-0.2, 0) is 9.47 Å². The lowest BCUT2D eigenvalue weighted by molar-refractivity contribution is 0.113. The van der Waals surface area contributed by atoms with E-state index < -0.39 is 0 Å². The molecule has 2 amide bonds. The number of nitrogens with zero attached hydrogens (tertiary/aromatic N) is 2. The smallest absolute Gasteiger partial charge is 0.409 e. The maximum absolute atomic E-state index is 11.3. The molecule has 0 bridgehead atoms. The number of rotatable bonds is 9. The molecule has 0 saturated carbocycles. The van der Waals surface area contributed by atoms with Crippen molar-refractivity contribution in [1.29, 1.82) is 0 Å². The fraction of sp³-hybridized carbons (Fsp3) is 0.857. The van der Waals surface area contributed by atoms with Crippen molar-refractivity contribution in [2.24, 2.45) is 0 Å². The standard InChI is InChI=1S/C14H28N2O4/c1-5-19-13(17)15(3)11-9-7-8-10-12-16(4)14(18)20-6-2/h5-12H2,1-4H3. The summed E-state index contributed by atoms with van der Waals surface area (Å²) in [5, 5.41) is 0. The molecular weight excluding hydrogens is 260 g/mol. The molecule has 6 nitrogen and oxygen atoms in total. The van der Waals surface area contributed by atoms with E-state index in [1.165, 1.54) is 0 Å². The van der Waals surface area contributed by atoms with Crippen LogP contribution in [0.1, 0.15) is 39.5 Å². The van der Waals surface area contributed by atoms with Gasteiger partial charge in [-0.15, -0.1) is 0 Å². The molecule has 6 heteroatoms. The quantitative estimate of drug-likeness (QED) is 0.612. The summed E-state index contributed by atoms with van der Waals surface area (Å²) in [6.45, 7) is 5.81. The van der Waals surface area contributed by atoms with Gasteiger partial charge in [0.25, 0.3) is 0 Å². The van der Waals surface area contributed by atoms with Gasteiger partial charge in [-0.25, -0.2) is 9.59 Å². The van der Waals surface area contributed by atoms with E-state index >= 15 is 0 Å². The highest BCUT2D eigenvalue weighted by Crippen LogP contribution is 2.04. The van der Waals surface area contributed by atoms with Crippen molar-refractivity contribution in [2.75, 3.05) is 40.4 Å². The number of hydrogen-bond acceptors (Lipinski definition) is 4. The van der Waals surface area contributed by atoms with E-state index in [1.54, 1.807) is 37.7 Å². The molecule has 0 N–H and O–H groups in total. The van der Waals surface area contributed by atoms with Crippen molar-refractivity contribution in [3.05, 3.63) is 0 Å². The van der Waals surface area contributed by atoms with Crippen molar-refractivity contribution in [2.45, 2.75) is 39.5 Å². The van der Waals surface area contributed by atoms with Crippen LogP contribution >= 0.6 is 0 Å². The van der Waals surface area contributed by atoms with E-state index in [1.807, 2.05) is 0 Å². The maximum Gasteiger partial charge on any atom is 0.409 e. The van der Waals surface area contributed by atoms with Gasteiger partial charge in [-0.05, 0) is 26.7 Å². The molecule has 0 aromatic heterocycles. The number of carbonyl (C=O) groups is 2. The molecule has 0 rings (SSSR count). The highest BCUT2D eigenvalue weighted by atomic mass is 16.6. The van der Waals surface area contributed by atoms with Crippen LogP contribution in [0.25, 0.3) is 0 Å². The summed E-state index contributed by atoms with van der Waals surface area (Å²) in [4.78, 5) is 25.9. The van der Waals surface area contributed by atoms with Gasteiger partial charge >= 0.3 is 12.2 Å². The van der Waals surface area contributed by atoms with Crippen LogP contribution < -0.4 is 0 Å². The molecule has 0 saturated heterocycles. The molecule has 0 aliphatic rings. The average Bonchev–Trinajstić information content (AvgIpc) is 2.42. The van der Waals surface area contributed by atoms with Crippen LogP contribution in [0.4, 0.5) is 9.59 Å². The van der Waals surface area contributed by atoms with Gasteiger partial charge in [0.2, 0.25) is 0 Å². The molecule has 0 atom stereocenters. The van der Waals surface area contributed by atoms with Crippen molar-refractivity contribution in [3.63, 3.8) is 0 Å². The average molecular weight is 288 g/mol. The van der Waals surface area contributed by atoms with E-state index in [4.69, 9.17) is 9.47 Å². The summed E-state index contributed by atoms with van der Waals surface area (Å²) in [6.07, 6.45) is 3.40. The second-order valence-electron chi connectivity index (χ2n) is 4.66. The van der Waals surface area contributed by atoms with Gasteiger partial charge in [0.1, 0.15) is 0 Å². The molecule has 0 radical (unpaired) electrons. The monoisotopic (exact) mass is 288 g/mol. The second kappa shape index (κ2) is 11.4. The lowest BCUT2D eigenvalue weighted by Gasteiger charge is -2.17. The molecule has 118 valence electrons. The predicted molar refractivity (Wildman–Crippen MR) is 77.8 cm³/mol. The number of unbranched alkanes of at least 4 members (excludes halogenated alkanes) is 3. The Labute approximate surface area is 122 Å². The zero-order valence-electron chi connectivity index (χ0n) is 13.2. The van der Waals surface area contributed by atoms with Gasteiger partial charge in [-0.3, -0.25) is 0 Å². The Balaban J connectivity index is 3.53. The first-order chi connectivity index (χ1) is 9.52. The summed E-state index contributed by atoms with van der Waals surface area (Å²) < 4.78 is 9.78. The van der Waals surface area contributed by atoms with Crippen LogP contribution in [0.2, 0.25) is 0 Å². The maximum atomic E-state index is 11.3. The lowest BCUT2D eigenvalue weighted by Crippen LogP contribution is -2.29. The summed E-state index contributed by atoms with van der Waals surface area (Å²) in [6, 6.07) is 0. The zero-order valence-corrected chi connectivity index (χ0v) is 13.2. The molecular formula is C14H28N2O4. The van der Waals surface area contributed by atoms with Crippen LogP contribution in [0.5, 0.6) is 0 Å². The Morgan fingerprint density at radius 1 is 0.750 bits per heavy atom.